The highest BCUT2D eigenvalue weighted by molar-refractivity contribution is 6.24. The predicted molar refractivity (Wildman–Crippen MR) is 157 cm³/mol. The van der Waals surface area contributed by atoms with E-state index in [4.69, 9.17) is 0 Å². The Morgan fingerprint density at radius 3 is 1.86 bits per heavy atom. The van der Waals surface area contributed by atoms with Gasteiger partial charge in [0.15, 0.2) is 11.6 Å². The van der Waals surface area contributed by atoms with Crippen molar-refractivity contribution in [1.82, 2.24) is 0 Å². The molecule has 2 atom stereocenters. The number of aryl methyl sites for hydroxylation is 2. The summed E-state index contributed by atoms with van der Waals surface area (Å²) in [6.07, 6.45) is 3.58. The summed E-state index contributed by atoms with van der Waals surface area (Å²) in [7, 11) is 0. The van der Waals surface area contributed by atoms with Crippen molar-refractivity contribution in [1.29, 1.82) is 0 Å². The summed E-state index contributed by atoms with van der Waals surface area (Å²) < 4.78 is 0. The summed E-state index contributed by atoms with van der Waals surface area (Å²) in [5.74, 6) is -0.510. The zero-order chi connectivity index (χ0) is 28.7. The van der Waals surface area contributed by atoms with Crippen LogP contribution in [0.3, 0.4) is 0 Å². The Morgan fingerprint density at radius 2 is 1.42 bits per heavy atom. The van der Waals surface area contributed by atoms with Gasteiger partial charge in [0, 0.05) is 22.6 Å². The van der Waals surface area contributed by atoms with Gasteiger partial charge in [-0.3, -0.25) is 14.4 Å². The highest BCUT2D eigenvalue weighted by Gasteiger charge is 2.42. The van der Waals surface area contributed by atoms with Crippen LogP contribution >= 0.6 is 0 Å². The maximum absolute atomic E-state index is 13.5. The average molecular weight is 499 g/mol. The quantitative estimate of drug-likeness (QED) is 0.407. The molecule has 0 aromatic heterocycles. The number of rotatable bonds is 5. The third-order valence-electron chi connectivity index (χ3n) is 6.43. The van der Waals surface area contributed by atoms with Crippen LogP contribution < -0.4 is 0 Å². The molecule has 0 spiro atoms. The largest absolute Gasteiger partial charge is 0.300 e. The standard InChI is InChI=1S/C25H30O3.4C2H6/c1-7-17(16(6)26)10-22-23(13(2)3)25(28)21-12-19-15(5)9-8-14(4)18(19)11-20(21)24(22)27;4*1-2/h8-9,11,13,17,21H,7,10,12H2,1-6H3;4*1-2H3/t17-,21?;;;;/m0..../s1. The maximum atomic E-state index is 13.5. The molecule has 3 rings (SSSR count). The minimum atomic E-state index is -0.390. The minimum Gasteiger partial charge on any atom is -0.300 e. The van der Waals surface area contributed by atoms with Crippen molar-refractivity contribution in [2.45, 2.75) is 116 Å². The molecule has 1 aromatic carbocycles. The molecule has 0 bridgehead atoms. The summed E-state index contributed by atoms with van der Waals surface area (Å²) in [5.41, 5.74) is 6.37. The van der Waals surface area contributed by atoms with Gasteiger partial charge < -0.3 is 0 Å². The van der Waals surface area contributed by atoms with Gasteiger partial charge in [-0.1, -0.05) is 88.3 Å². The van der Waals surface area contributed by atoms with Gasteiger partial charge in [0.1, 0.15) is 5.78 Å². The highest BCUT2D eigenvalue weighted by Crippen LogP contribution is 2.42. The molecular weight excluding hydrogens is 444 g/mol. The molecule has 0 heterocycles. The number of carbonyl (C=O) groups excluding carboxylic acids is 3. The summed E-state index contributed by atoms with van der Waals surface area (Å²) >= 11 is 0. The molecule has 36 heavy (non-hydrogen) atoms. The summed E-state index contributed by atoms with van der Waals surface area (Å²) in [5, 5.41) is 0. The number of hydrogen-bond acceptors (Lipinski definition) is 3. The first kappa shape index (κ1) is 35.9. The SMILES string of the molecule is CC.CC.CC.CC.CC[C@@H](CC1=C(C(C)C)C(=O)C2Cc3c(C)ccc(C)c3C=C2C1=O)C(C)=O. The fraction of sp³-hybridized carbons (Fsp3) is 0.606. The van der Waals surface area contributed by atoms with Crippen LogP contribution in [0.4, 0.5) is 0 Å². The van der Waals surface area contributed by atoms with Crippen molar-refractivity contribution in [3.05, 3.63) is 51.1 Å². The molecule has 0 N–H and O–H groups in total. The Balaban J connectivity index is 0. The monoisotopic (exact) mass is 498 g/mol. The molecule has 0 amide bonds. The van der Waals surface area contributed by atoms with Crippen LogP contribution in [-0.2, 0) is 20.8 Å². The first-order chi connectivity index (χ1) is 17.2. The first-order valence-electron chi connectivity index (χ1n) is 14.3. The van der Waals surface area contributed by atoms with Crippen molar-refractivity contribution < 1.29 is 14.4 Å². The Bertz CT molecular complexity index is 928. The van der Waals surface area contributed by atoms with E-state index < -0.39 is 0 Å². The number of ketones is 3. The van der Waals surface area contributed by atoms with Crippen molar-refractivity contribution in [2.75, 3.05) is 0 Å². The average Bonchev–Trinajstić information content (AvgIpc) is 2.91. The van der Waals surface area contributed by atoms with Crippen molar-refractivity contribution in [3.8, 4) is 0 Å². The molecule has 2 aliphatic carbocycles. The van der Waals surface area contributed by atoms with Crippen LogP contribution in [0.5, 0.6) is 0 Å². The van der Waals surface area contributed by atoms with Gasteiger partial charge in [0.2, 0.25) is 0 Å². The lowest BCUT2D eigenvalue weighted by Gasteiger charge is -2.34. The maximum Gasteiger partial charge on any atom is 0.186 e. The number of hydrogen-bond donors (Lipinski definition) is 0. The summed E-state index contributed by atoms with van der Waals surface area (Å²) in [6, 6.07) is 4.16. The van der Waals surface area contributed by atoms with Crippen LogP contribution in [0, 0.1) is 31.6 Å². The van der Waals surface area contributed by atoms with E-state index in [9.17, 15) is 14.4 Å². The molecule has 0 saturated carbocycles. The number of fused-ring (bicyclic) bond motifs is 2. The Morgan fingerprint density at radius 1 is 0.917 bits per heavy atom. The summed E-state index contributed by atoms with van der Waals surface area (Å²) in [4.78, 5) is 39.0. The lowest BCUT2D eigenvalue weighted by Crippen LogP contribution is -2.37. The fourth-order valence-electron chi connectivity index (χ4n) is 4.68. The smallest absolute Gasteiger partial charge is 0.186 e. The van der Waals surface area contributed by atoms with Crippen molar-refractivity contribution >= 4 is 23.4 Å². The molecule has 0 saturated heterocycles. The van der Waals surface area contributed by atoms with E-state index in [0.717, 1.165) is 11.1 Å². The third kappa shape index (κ3) is 8.11. The first-order valence-corrected chi connectivity index (χ1v) is 14.3. The second-order valence-electron chi connectivity index (χ2n) is 8.61. The van der Waals surface area contributed by atoms with Gasteiger partial charge in [-0.15, -0.1) is 0 Å². The molecule has 0 radical (unpaired) electrons. The van der Waals surface area contributed by atoms with Crippen LogP contribution in [0.2, 0.25) is 0 Å². The molecule has 1 unspecified atom stereocenters. The normalized spacial score (nSPS) is 16.3. The summed E-state index contributed by atoms with van der Waals surface area (Å²) in [6.45, 7) is 27.6. The second-order valence-corrected chi connectivity index (χ2v) is 8.61. The highest BCUT2D eigenvalue weighted by atomic mass is 16.1. The number of Topliss-reactive ketones (excluding diaryl/α,β-unsaturated/α-hetero) is 3. The molecular formula is C33H54O3. The van der Waals surface area contributed by atoms with E-state index in [1.807, 2.05) is 89.2 Å². The van der Waals surface area contributed by atoms with E-state index in [-0.39, 0.29) is 35.1 Å². The van der Waals surface area contributed by atoms with Crippen LogP contribution in [-0.4, -0.2) is 17.3 Å². The Kier molecular flexibility index (Phi) is 18.0. The van der Waals surface area contributed by atoms with Crippen molar-refractivity contribution in [2.24, 2.45) is 17.8 Å². The van der Waals surface area contributed by atoms with Gasteiger partial charge in [-0.05, 0) is 74.3 Å². The van der Waals surface area contributed by atoms with Gasteiger partial charge in [0.05, 0.1) is 5.92 Å². The molecule has 2 aliphatic rings. The lowest BCUT2D eigenvalue weighted by atomic mass is 9.67. The number of carbonyl (C=O) groups is 3. The molecule has 3 nitrogen and oxygen atoms in total. The van der Waals surface area contributed by atoms with Gasteiger partial charge >= 0.3 is 0 Å². The zero-order valence-electron chi connectivity index (χ0n) is 25.8. The Hall–Kier alpha value is -2.29. The zero-order valence-corrected chi connectivity index (χ0v) is 25.8. The molecule has 0 fully saturated rings. The fourth-order valence-corrected chi connectivity index (χ4v) is 4.68. The molecule has 0 aliphatic heterocycles. The minimum absolute atomic E-state index is 0.0282. The van der Waals surface area contributed by atoms with E-state index in [1.54, 1.807) is 6.92 Å². The molecule has 1 aromatic rings. The van der Waals surface area contributed by atoms with Gasteiger partial charge in [-0.25, -0.2) is 0 Å². The second kappa shape index (κ2) is 18.0. The van der Waals surface area contributed by atoms with Crippen LogP contribution in [0.25, 0.3) is 6.08 Å². The van der Waals surface area contributed by atoms with E-state index in [1.165, 1.54) is 11.1 Å². The van der Waals surface area contributed by atoms with Gasteiger partial charge in [-0.2, -0.15) is 0 Å². The lowest BCUT2D eigenvalue weighted by molar-refractivity contribution is -0.124. The van der Waals surface area contributed by atoms with Crippen LogP contribution in [0.15, 0.2) is 28.9 Å². The topological polar surface area (TPSA) is 51.2 Å². The van der Waals surface area contributed by atoms with Crippen LogP contribution in [0.1, 0.15) is 118 Å². The molecule has 204 valence electrons. The number of allylic oxidation sites excluding steroid dienone is 3. The van der Waals surface area contributed by atoms with E-state index >= 15 is 0 Å². The van der Waals surface area contributed by atoms with Gasteiger partial charge in [0.25, 0.3) is 0 Å². The number of benzene rings is 1. The predicted octanol–water partition coefficient (Wildman–Crippen LogP) is 9.07. The van der Waals surface area contributed by atoms with Crippen molar-refractivity contribution in [3.63, 3.8) is 0 Å². The Labute approximate surface area is 222 Å². The van der Waals surface area contributed by atoms with E-state index in [2.05, 4.69) is 19.1 Å². The third-order valence-corrected chi connectivity index (χ3v) is 6.43. The van der Waals surface area contributed by atoms with E-state index in [0.29, 0.717) is 36.0 Å². The molecule has 3 heteroatoms.